The van der Waals surface area contributed by atoms with Crippen molar-refractivity contribution >= 4 is 12.1 Å². The maximum absolute atomic E-state index is 12.7. The van der Waals surface area contributed by atoms with E-state index < -0.39 is 35.2 Å². The van der Waals surface area contributed by atoms with E-state index in [9.17, 15) is 18.4 Å². The van der Waals surface area contributed by atoms with Crippen LogP contribution in [0.1, 0.15) is 16.8 Å². The van der Waals surface area contributed by atoms with Gasteiger partial charge in [-0.3, -0.25) is 4.79 Å². The van der Waals surface area contributed by atoms with Crippen molar-refractivity contribution in [3.63, 3.8) is 0 Å². The quantitative estimate of drug-likeness (QED) is 0.456. The van der Waals surface area contributed by atoms with Crippen LogP contribution in [0, 0.1) is 11.6 Å². The summed E-state index contributed by atoms with van der Waals surface area (Å²) in [6.45, 7) is 0. The summed E-state index contributed by atoms with van der Waals surface area (Å²) in [6, 6.07) is 1.65. The number of Topliss-reactive ketones (excluding diaryl/α,β-unsaturated/α-hetero) is 1. The Hall–Kier alpha value is -1.78. The third-order valence-corrected chi connectivity index (χ3v) is 1.64. The lowest BCUT2D eigenvalue weighted by Gasteiger charge is -2.02. The topological polar surface area (TPSA) is 54.4 Å². The molecule has 0 aliphatic rings. The molecule has 0 radical (unpaired) electrons. The van der Waals surface area contributed by atoms with E-state index in [2.05, 4.69) is 0 Å². The number of aldehydes is 1. The van der Waals surface area contributed by atoms with Crippen molar-refractivity contribution in [1.82, 2.24) is 0 Å². The van der Waals surface area contributed by atoms with Crippen LogP contribution in [0.3, 0.4) is 0 Å². The fraction of sp³-hybridized carbons (Fsp3) is 0.111. The predicted octanol–water partition coefficient (Wildman–Crippen LogP) is 1.44. The number of carbonyl (C=O) groups excluding carboxylic acids is 2. The Bertz CT molecular complexity index is 388. The number of ketones is 1. The van der Waals surface area contributed by atoms with E-state index in [1.165, 1.54) is 0 Å². The molecule has 1 aromatic rings. The fourth-order valence-corrected chi connectivity index (χ4v) is 0.951. The first kappa shape index (κ1) is 10.3. The Kier molecular flexibility index (Phi) is 2.91. The van der Waals surface area contributed by atoms with Crippen LogP contribution in [0.5, 0.6) is 5.75 Å². The van der Waals surface area contributed by atoms with E-state index in [1.807, 2.05) is 0 Å². The fourth-order valence-electron chi connectivity index (χ4n) is 0.951. The smallest absolute Gasteiger partial charge is 0.201 e. The molecule has 0 spiro atoms. The molecule has 0 amide bonds. The van der Waals surface area contributed by atoms with Crippen molar-refractivity contribution in [2.75, 3.05) is 0 Å². The minimum absolute atomic E-state index is 0.322. The molecule has 0 bridgehead atoms. The Labute approximate surface area is 78.0 Å². The summed E-state index contributed by atoms with van der Waals surface area (Å²) in [5, 5.41) is 9.02. The van der Waals surface area contributed by atoms with E-state index in [0.29, 0.717) is 12.4 Å². The number of aromatic hydroxyl groups is 1. The highest BCUT2D eigenvalue weighted by Crippen LogP contribution is 2.24. The van der Waals surface area contributed by atoms with E-state index in [0.717, 1.165) is 6.07 Å². The highest BCUT2D eigenvalue weighted by atomic mass is 19.2. The SMILES string of the molecule is O=CCC(=O)c1ccc(F)c(F)c1O. The van der Waals surface area contributed by atoms with Crippen molar-refractivity contribution in [1.29, 1.82) is 0 Å². The average molecular weight is 200 g/mol. The molecule has 3 nitrogen and oxygen atoms in total. The molecule has 0 heterocycles. The highest BCUT2D eigenvalue weighted by molar-refractivity contribution is 6.04. The van der Waals surface area contributed by atoms with Crippen molar-refractivity contribution in [2.24, 2.45) is 0 Å². The minimum atomic E-state index is -1.48. The molecule has 0 fully saturated rings. The van der Waals surface area contributed by atoms with Gasteiger partial charge < -0.3 is 9.90 Å². The van der Waals surface area contributed by atoms with Gasteiger partial charge in [0.15, 0.2) is 17.3 Å². The summed E-state index contributed by atoms with van der Waals surface area (Å²) in [5.41, 5.74) is -0.393. The van der Waals surface area contributed by atoms with Crippen LogP contribution in [0.4, 0.5) is 8.78 Å². The Balaban J connectivity index is 3.17. The van der Waals surface area contributed by atoms with Crippen molar-refractivity contribution in [3.05, 3.63) is 29.3 Å². The Morgan fingerprint density at radius 1 is 1.43 bits per heavy atom. The van der Waals surface area contributed by atoms with E-state index in [-0.39, 0.29) is 0 Å². The van der Waals surface area contributed by atoms with E-state index in [1.54, 1.807) is 0 Å². The summed E-state index contributed by atoms with van der Waals surface area (Å²) in [4.78, 5) is 21.0. The predicted molar refractivity (Wildman–Crippen MR) is 43.0 cm³/mol. The second-order valence-electron chi connectivity index (χ2n) is 2.55. The number of hydrogen-bond acceptors (Lipinski definition) is 3. The molecule has 0 unspecified atom stereocenters. The monoisotopic (exact) mass is 200 g/mol. The number of hydrogen-bond donors (Lipinski definition) is 1. The summed E-state index contributed by atoms with van der Waals surface area (Å²) in [6.07, 6.45) is -0.151. The van der Waals surface area contributed by atoms with Crippen molar-refractivity contribution in [2.45, 2.75) is 6.42 Å². The van der Waals surface area contributed by atoms with Crippen LogP contribution in [0.2, 0.25) is 0 Å². The third-order valence-electron chi connectivity index (χ3n) is 1.64. The molecule has 0 aliphatic heterocycles. The van der Waals surface area contributed by atoms with Gasteiger partial charge in [-0.15, -0.1) is 0 Å². The van der Waals surface area contributed by atoms with Gasteiger partial charge in [0.05, 0.1) is 12.0 Å². The molecule has 14 heavy (non-hydrogen) atoms. The molecule has 74 valence electrons. The number of carbonyl (C=O) groups is 2. The van der Waals surface area contributed by atoms with Gasteiger partial charge in [0.1, 0.15) is 6.29 Å². The third kappa shape index (κ3) is 1.76. The van der Waals surface area contributed by atoms with Gasteiger partial charge in [0.25, 0.3) is 0 Å². The number of phenols is 1. The maximum atomic E-state index is 12.7. The molecular formula is C9H6F2O3. The zero-order valence-corrected chi connectivity index (χ0v) is 6.96. The van der Waals surface area contributed by atoms with Crippen LogP contribution in [0.15, 0.2) is 12.1 Å². The van der Waals surface area contributed by atoms with Gasteiger partial charge >= 0.3 is 0 Å². The first-order valence-corrected chi connectivity index (χ1v) is 3.71. The Morgan fingerprint density at radius 3 is 2.64 bits per heavy atom. The number of halogens is 2. The van der Waals surface area contributed by atoms with Crippen molar-refractivity contribution < 1.29 is 23.5 Å². The van der Waals surface area contributed by atoms with Crippen LogP contribution in [-0.2, 0) is 4.79 Å². The molecule has 5 heteroatoms. The first-order valence-electron chi connectivity index (χ1n) is 3.71. The number of phenolic OH excluding ortho intramolecular Hbond substituents is 1. The van der Waals surface area contributed by atoms with Crippen LogP contribution >= 0.6 is 0 Å². The summed E-state index contributed by atoms with van der Waals surface area (Å²) < 4.78 is 25.2. The standard InChI is InChI=1S/C9H6F2O3/c10-6-2-1-5(7(13)3-4-12)9(14)8(6)11/h1-2,4,14H,3H2. The molecule has 0 saturated carbocycles. The average Bonchev–Trinajstić information content (AvgIpc) is 2.15. The summed E-state index contributed by atoms with van der Waals surface area (Å²) >= 11 is 0. The highest BCUT2D eigenvalue weighted by Gasteiger charge is 2.17. The lowest BCUT2D eigenvalue weighted by atomic mass is 10.1. The second kappa shape index (κ2) is 3.95. The molecule has 0 atom stereocenters. The molecule has 1 aromatic carbocycles. The number of rotatable bonds is 3. The Morgan fingerprint density at radius 2 is 2.07 bits per heavy atom. The summed E-state index contributed by atoms with van der Waals surface area (Å²) in [5.74, 6) is -4.54. The normalized spacial score (nSPS) is 9.86. The molecule has 0 saturated heterocycles. The zero-order chi connectivity index (χ0) is 10.7. The summed E-state index contributed by atoms with van der Waals surface area (Å²) in [7, 11) is 0. The lowest BCUT2D eigenvalue weighted by molar-refractivity contribution is -0.107. The van der Waals surface area contributed by atoms with Gasteiger partial charge in [0.2, 0.25) is 5.82 Å². The van der Waals surface area contributed by atoms with Gasteiger partial charge in [-0.05, 0) is 12.1 Å². The van der Waals surface area contributed by atoms with Crippen LogP contribution in [0.25, 0.3) is 0 Å². The number of benzene rings is 1. The van der Waals surface area contributed by atoms with Crippen molar-refractivity contribution in [3.8, 4) is 5.75 Å². The minimum Gasteiger partial charge on any atom is -0.504 e. The van der Waals surface area contributed by atoms with Crippen LogP contribution < -0.4 is 0 Å². The second-order valence-corrected chi connectivity index (χ2v) is 2.55. The zero-order valence-electron chi connectivity index (χ0n) is 6.96. The molecule has 0 aliphatic carbocycles. The van der Waals surface area contributed by atoms with Gasteiger partial charge in [-0.25, -0.2) is 4.39 Å². The van der Waals surface area contributed by atoms with E-state index in [4.69, 9.17) is 5.11 Å². The molecular weight excluding hydrogens is 194 g/mol. The largest absolute Gasteiger partial charge is 0.504 e. The molecule has 0 aromatic heterocycles. The van der Waals surface area contributed by atoms with Gasteiger partial charge in [-0.2, -0.15) is 4.39 Å². The first-order chi connectivity index (χ1) is 6.57. The van der Waals surface area contributed by atoms with Gasteiger partial charge in [0, 0.05) is 0 Å². The van der Waals surface area contributed by atoms with Gasteiger partial charge in [-0.1, -0.05) is 0 Å². The molecule has 1 rings (SSSR count). The maximum Gasteiger partial charge on any atom is 0.201 e. The van der Waals surface area contributed by atoms with Crippen LogP contribution in [-0.4, -0.2) is 17.2 Å². The van der Waals surface area contributed by atoms with E-state index >= 15 is 0 Å². The molecule has 1 N–H and O–H groups in total. The lowest BCUT2D eigenvalue weighted by Crippen LogP contribution is -2.02.